The maximum absolute atomic E-state index is 2.40. The summed E-state index contributed by atoms with van der Waals surface area (Å²) in [5, 5.41) is 0. The summed E-state index contributed by atoms with van der Waals surface area (Å²) in [4.78, 5) is 0. The van der Waals surface area contributed by atoms with Crippen LogP contribution in [-0.4, -0.2) is 30.7 Å². The van der Waals surface area contributed by atoms with Crippen LogP contribution in [0.25, 0.3) is 0 Å². The average molecular weight is 240 g/mol. The number of nitrogens with zero attached hydrogens (tertiary/aromatic N) is 1. The van der Waals surface area contributed by atoms with E-state index < -0.39 is 0 Å². The van der Waals surface area contributed by atoms with Gasteiger partial charge in [0.25, 0.3) is 0 Å². The Balaban J connectivity index is 2.03. The molecule has 0 unspecified atom stereocenters. The molecule has 1 heterocycles. The van der Waals surface area contributed by atoms with Gasteiger partial charge in [-0.2, -0.15) is 0 Å². The number of piperidine rings is 1. The Morgan fingerprint density at radius 3 is 1.88 bits per heavy atom. The molecule has 17 heavy (non-hydrogen) atoms. The van der Waals surface area contributed by atoms with Crippen LogP contribution in [0.15, 0.2) is 0 Å². The second-order valence-corrected chi connectivity index (χ2v) is 6.01. The number of hydrogen-bond acceptors (Lipinski definition) is 0. The summed E-state index contributed by atoms with van der Waals surface area (Å²) in [7, 11) is 0. The van der Waals surface area contributed by atoms with Gasteiger partial charge in [-0.3, -0.25) is 0 Å². The van der Waals surface area contributed by atoms with E-state index in [1.807, 2.05) is 0 Å². The van der Waals surface area contributed by atoms with Crippen molar-refractivity contribution in [2.75, 3.05) is 26.2 Å². The van der Waals surface area contributed by atoms with E-state index in [9.17, 15) is 0 Å². The van der Waals surface area contributed by atoms with Crippen LogP contribution in [0, 0.1) is 0 Å². The minimum Gasteiger partial charge on any atom is -0.324 e. The first kappa shape index (κ1) is 15.0. The van der Waals surface area contributed by atoms with Gasteiger partial charge in [-0.15, -0.1) is 0 Å². The molecule has 0 spiro atoms. The van der Waals surface area contributed by atoms with Crippen LogP contribution in [0.5, 0.6) is 0 Å². The first-order chi connectivity index (χ1) is 8.33. The molecule has 1 heteroatoms. The molecule has 1 fully saturated rings. The highest BCUT2D eigenvalue weighted by molar-refractivity contribution is 4.54. The molecule has 0 aliphatic carbocycles. The van der Waals surface area contributed by atoms with E-state index in [2.05, 4.69) is 13.8 Å². The Morgan fingerprint density at radius 2 is 1.29 bits per heavy atom. The average Bonchev–Trinajstić information content (AvgIpc) is 2.39. The SMILES string of the molecule is CCCCCCCCC[N+]1(CC)CCCCC1. The number of likely N-dealkylation sites (tertiary alicyclic amines) is 1. The second kappa shape index (κ2) is 8.97. The summed E-state index contributed by atoms with van der Waals surface area (Å²) in [5.41, 5.74) is 0. The Bertz CT molecular complexity index is 170. The Labute approximate surface area is 109 Å². The summed E-state index contributed by atoms with van der Waals surface area (Å²) < 4.78 is 1.44. The molecule has 1 aliphatic heterocycles. The topological polar surface area (TPSA) is 0 Å². The summed E-state index contributed by atoms with van der Waals surface area (Å²) in [5.74, 6) is 0. The molecule has 0 N–H and O–H groups in total. The lowest BCUT2D eigenvalue weighted by Crippen LogP contribution is -2.51. The number of quaternary nitrogens is 1. The van der Waals surface area contributed by atoms with E-state index in [0.717, 1.165) is 0 Å². The fraction of sp³-hybridized carbons (Fsp3) is 1.00. The number of hydrogen-bond donors (Lipinski definition) is 0. The highest BCUT2D eigenvalue weighted by Gasteiger charge is 2.26. The summed E-state index contributed by atoms with van der Waals surface area (Å²) >= 11 is 0. The van der Waals surface area contributed by atoms with Crippen molar-refractivity contribution in [2.45, 2.75) is 78.1 Å². The van der Waals surface area contributed by atoms with Crippen LogP contribution in [0.3, 0.4) is 0 Å². The highest BCUT2D eigenvalue weighted by Crippen LogP contribution is 2.20. The molecule has 0 aromatic rings. The number of rotatable bonds is 9. The quantitative estimate of drug-likeness (QED) is 0.403. The minimum atomic E-state index is 1.37. The first-order valence-corrected chi connectivity index (χ1v) is 8.18. The van der Waals surface area contributed by atoms with E-state index >= 15 is 0 Å². The van der Waals surface area contributed by atoms with Gasteiger partial charge >= 0.3 is 0 Å². The van der Waals surface area contributed by atoms with Gasteiger partial charge < -0.3 is 4.48 Å². The van der Waals surface area contributed by atoms with E-state index in [1.54, 1.807) is 0 Å². The van der Waals surface area contributed by atoms with Gasteiger partial charge in [-0.25, -0.2) is 0 Å². The third-order valence-corrected chi connectivity index (χ3v) is 4.67. The lowest BCUT2D eigenvalue weighted by molar-refractivity contribution is -0.931. The van der Waals surface area contributed by atoms with E-state index in [-0.39, 0.29) is 0 Å². The molecular formula is C16H34N+. The molecule has 0 radical (unpaired) electrons. The summed E-state index contributed by atoms with van der Waals surface area (Å²) in [6.07, 6.45) is 14.6. The maximum atomic E-state index is 2.40. The van der Waals surface area contributed by atoms with Gasteiger partial charge in [0.15, 0.2) is 0 Å². The predicted molar refractivity (Wildman–Crippen MR) is 77.2 cm³/mol. The fourth-order valence-electron chi connectivity index (χ4n) is 3.29. The standard InChI is InChI=1S/C16H34N/c1-3-5-6-7-8-9-11-14-17(4-2)15-12-10-13-16-17/h3-16H2,1-2H3/q+1. The zero-order valence-corrected chi connectivity index (χ0v) is 12.3. The molecule has 0 aromatic carbocycles. The molecule has 102 valence electrons. The predicted octanol–water partition coefficient (Wildman–Crippen LogP) is 4.76. The lowest BCUT2D eigenvalue weighted by atomic mass is 10.0. The Kier molecular flexibility index (Phi) is 7.92. The fourth-order valence-corrected chi connectivity index (χ4v) is 3.29. The van der Waals surface area contributed by atoms with Crippen molar-refractivity contribution in [3.05, 3.63) is 0 Å². The molecular weight excluding hydrogens is 206 g/mol. The third kappa shape index (κ3) is 5.90. The smallest absolute Gasteiger partial charge is 0.0786 e. The molecule has 0 amide bonds. The van der Waals surface area contributed by atoms with Crippen molar-refractivity contribution in [1.82, 2.24) is 0 Å². The summed E-state index contributed by atoms with van der Waals surface area (Å²) in [6, 6.07) is 0. The zero-order chi connectivity index (χ0) is 12.4. The molecule has 0 aromatic heterocycles. The van der Waals surface area contributed by atoms with Crippen LogP contribution < -0.4 is 0 Å². The lowest BCUT2D eigenvalue weighted by Gasteiger charge is -2.41. The third-order valence-electron chi connectivity index (χ3n) is 4.67. The molecule has 0 bridgehead atoms. The van der Waals surface area contributed by atoms with Gasteiger partial charge in [-0.05, 0) is 39.0 Å². The van der Waals surface area contributed by atoms with Crippen molar-refractivity contribution in [3.63, 3.8) is 0 Å². The molecule has 1 rings (SSSR count). The van der Waals surface area contributed by atoms with Gasteiger partial charge in [-0.1, -0.05) is 39.0 Å². The van der Waals surface area contributed by atoms with Crippen molar-refractivity contribution >= 4 is 0 Å². The van der Waals surface area contributed by atoms with E-state index in [4.69, 9.17) is 0 Å². The van der Waals surface area contributed by atoms with Crippen LogP contribution in [0.1, 0.15) is 78.1 Å². The number of unbranched alkanes of at least 4 members (excludes halogenated alkanes) is 6. The van der Waals surface area contributed by atoms with Crippen LogP contribution in [-0.2, 0) is 0 Å². The zero-order valence-electron chi connectivity index (χ0n) is 12.3. The van der Waals surface area contributed by atoms with Gasteiger partial charge in [0.2, 0.25) is 0 Å². The summed E-state index contributed by atoms with van der Waals surface area (Å²) in [6.45, 7) is 10.5. The van der Waals surface area contributed by atoms with Crippen molar-refractivity contribution in [2.24, 2.45) is 0 Å². The van der Waals surface area contributed by atoms with Crippen LogP contribution in [0.2, 0.25) is 0 Å². The largest absolute Gasteiger partial charge is 0.324 e. The van der Waals surface area contributed by atoms with Crippen molar-refractivity contribution in [3.8, 4) is 0 Å². The molecule has 1 nitrogen and oxygen atoms in total. The Morgan fingerprint density at radius 1 is 0.706 bits per heavy atom. The van der Waals surface area contributed by atoms with Crippen LogP contribution in [0.4, 0.5) is 0 Å². The minimum absolute atomic E-state index is 1.37. The van der Waals surface area contributed by atoms with Gasteiger partial charge in [0.05, 0.1) is 26.2 Å². The van der Waals surface area contributed by atoms with Crippen LogP contribution >= 0.6 is 0 Å². The van der Waals surface area contributed by atoms with E-state index in [1.165, 1.54) is 94.9 Å². The highest BCUT2D eigenvalue weighted by atomic mass is 15.3. The molecule has 0 atom stereocenters. The first-order valence-electron chi connectivity index (χ1n) is 8.18. The van der Waals surface area contributed by atoms with Gasteiger partial charge in [0.1, 0.15) is 0 Å². The van der Waals surface area contributed by atoms with Gasteiger partial charge in [0, 0.05) is 0 Å². The van der Waals surface area contributed by atoms with E-state index in [0.29, 0.717) is 0 Å². The monoisotopic (exact) mass is 240 g/mol. The Hall–Kier alpha value is -0.0400. The molecule has 0 saturated carbocycles. The molecule has 1 saturated heterocycles. The normalized spacial score (nSPS) is 19.4. The van der Waals surface area contributed by atoms with Crippen molar-refractivity contribution in [1.29, 1.82) is 0 Å². The van der Waals surface area contributed by atoms with Crippen molar-refractivity contribution < 1.29 is 4.48 Å². The molecule has 1 aliphatic rings. The second-order valence-electron chi connectivity index (χ2n) is 6.01. The maximum Gasteiger partial charge on any atom is 0.0786 e.